The maximum Gasteiger partial charge on any atom is 0.384 e. The summed E-state index contributed by atoms with van der Waals surface area (Å²) in [7, 11) is 0. The van der Waals surface area contributed by atoms with E-state index in [1.807, 2.05) is 13.8 Å². The van der Waals surface area contributed by atoms with E-state index in [1.54, 1.807) is 0 Å². The molecule has 1 aliphatic carbocycles. The van der Waals surface area contributed by atoms with E-state index in [2.05, 4.69) is 13.8 Å². The van der Waals surface area contributed by atoms with Crippen LogP contribution in [0.3, 0.4) is 0 Å². The third-order valence-electron chi connectivity index (χ3n) is 4.00. The largest absolute Gasteiger partial charge is 0.396 e. The lowest BCUT2D eigenvalue weighted by Crippen LogP contribution is -2.83. The third-order valence-corrected chi connectivity index (χ3v) is 4.00. The number of alkyl halides is 11. The number of halogens is 11. The van der Waals surface area contributed by atoms with Crippen LogP contribution in [0.5, 0.6) is 0 Å². The second-order valence-electron chi connectivity index (χ2n) is 5.85. The number of hydrogen-bond acceptors (Lipinski definition) is 1. The molecular weight excluding hydrogens is 417 g/mol. The first-order valence-electron chi connectivity index (χ1n) is 8.66. The molecule has 0 aliphatic heterocycles. The summed E-state index contributed by atoms with van der Waals surface area (Å²) in [5, 5.41) is 8.31. The standard InChI is InChI=1S/C10H9F11O.C4H10.C2H6/c11-5(3-1-2-4-22)6(12,13)8(16,17)10(20,21)9(18,19)7(5,14)15;1-3-4-2;1-2/h22H,1-4H2;3-4H2,1-2H3;1-2H3. The molecule has 1 fully saturated rings. The summed E-state index contributed by atoms with van der Waals surface area (Å²) in [4.78, 5) is 0. The van der Waals surface area contributed by atoms with Gasteiger partial charge >= 0.3 is 29.6 Å². The van der Waals surface area contributed by atoms with Gasteiger partial charge in [-0.15, -0.1) is 0 Å². The summed E-state index contributed by atoms with van der Waals surface area (Å²) in [6.07, 6.45) is -1.42. The van der Waals surface area contributed by atoms with Gasteiger partial charge < -0.3 is 5.11 Å². The lowest BCUT2D eigenvalue weighted by atomic mass is 9.70. The molecule has 0 unspecified atom stereocenters. The van der Waals surface area contributed by atoms with Crippen LogP contribution in [-0.2, 0) is 0 Å². The van der Waals surface area contributed by atoms with Crippen molar-refractivity contribution in [2.75, 3.05) is 6.61 Å². The zero-order valence-electron chi connectivity index (χ0n) is 15.8. The first-order valence-corrected chi connectivity index (χ1v) is 8.66. The molecule has 0 atom stereocenters. The summed E-state index contributed by atoms with van der Waals surface area (Å²) in [6.45, 7) is 7.50. The molecule has 172 valence electrons. The van der Waals surface area contributed by atoms with Gasteiger partial charge in [0.15, 0.2) is 0 Å². The molecular formula is C16H25F11O. The van der Waals surface area contributed by atoms with Crippen LogP contribution < -0.4 is 0 Å². The summed E-state index contributed by atoms with van der Waals surface area (Å²) in [6, 6.07) is 0. The van der Waals surface area contributed by atoms with Gasteiger partial charge in [0, 0.05) is 6.61 Å². The van der Waals surface area contributed by atoms with Crippen molar-refractivity contribution in [2.45, 2.75) is 95.1 Å². The van der Waals surface area contributed by atoms with Gasteiger partial charge in [-0.2, -0.15) is 43.9 Å². The van der Waals surface area contributed by atoms with Gasteiger partial charge in [0.05, 0.1) is 0 Å². The molecule has 0 saturated heterocycles. The van der Waals surface area contributed by atoms with Gasteiger partial charge in [-0.1, -0.05) is 40.5 Å². The Labute approximate surface area is 156 Å². The smallest absolute Gasteiger partial charge is 0.384 e. The molecule has 0 amide bonds. The second-order valence-corrected chi connectivity index (χ2v) is 5.85. The average Bonchev–Trinajstić information content (AvgIpc) is 2.61. The van der Waals surface area contributed by atoms with Crippen molar-refractivity contribution in [1.82, 2.24) is 0 Å². The minimum absolute atomic E-state index is 0.661. The van der Waals surface area contributed by atoms with Crippen molar-refractivity contribution in [2.24, 2.45) is 0 Å². The summed E-state index contributed by atoms with van der Waals surface area (Å²) < 4.78 is 145. The average molecular weight is 442 g/mol. The Morgan fingerprint density at radius 1 is 0.536 bits per heavy atom. The molecule has 0 heterocycles. The van der Waals surface area contributed by atoms with E-state index < -0.39 is 61.2 Å². The Morgan fingerprint density at radius 2 is 0.821 bits per heavy atom. The van der Waals surface area contributed by atoms with E-state index in [9.17, 15) is 48.3 Å². The van der Waals surface area contributed by atoms with Crippen LogP contribution in [0.15, 0.2) is 0 Å². The van der Waals surface area contributed by atoms with Crippen molar-refractivity contribution < 1.29 is 53.4 Å². The monoisotopic (exact) mass is 442 g/mol. The lowest BCUT2D eigenvalue weighted by molar-refractivity contribution is -0.485. The highest BCUT2D eigenvalue weighted by molar-refractivity contribution is 5.26. The molecule has 0 spiro atoms. The predicted octanol–water partition coefficient (Wildman–Crippen LogP) is 6.88. The Hall–Kier alpha value is -0.810. The summed E-state index contributed by atoms with van der Waals surface area (Å²) in [5.74, 6) is -34.8. The molecule has 1 nitrogen and oxygen atoms in total. The number of hydrogen-bond donors (Lipinski definition) is 1. The van der Waals surface area contributed by atoms with E-state index in [0.29, 0.717) is 0 Å². The Morgan fingerprint density at radius 3 is 1.07 bits per heavy atom. The van der Waals surface area contributed by atoms with E-state index in [0.717, 1.165) is 0 Å². The molecule has 1 N–H and O–H groups in total. The topological polar surface area (TPSA) is 20.2 Å². The molecule has 1 rings (SSSR count). The van der Waals surface area contributed by atoms with E-state index in [-0.39, 0.29) is 0 Å². The fourth-order valence-electron chi connectivity index (χ4n) is 2.08. The fraction of sp³-hybridized carbons (Fsp3) is 1.00. The Balaban J connectivity index is 0. The predicted molar refractivity (Wildman–Crippen MR) is 81.4 cm³/mol. The molecule has 28 heavy (non-hydrogen) atoms. The first kappa shape index (κ1) is 29.4. The van der Waals surface area contributed by atoms with Crippen LogP contribution in [0.4, 0.5) is 48.3 Å². The van der Waals surface area contributed by atoms with Crippen LogP contribution in [0.2, 0.25) is 0 Å². The van der Waals surface area contributed by atoms with Gasteiger partial charge in [-0.3, -0.25) is 0 Å². The highest BCUT2D eigenvalue weighted by atomic mass is 19.4. The van der Waals surface area contributed by atoms with Gasteiger partial charge in [0.1, 0.15) is 0 Å². The van der Waals surface area contributed by atoms with Crippen molar-refractivity contribution in [3.05, 3.63) is 0 Å². The molecule has 0 aromatic rings. The number of aliphatic hydroxyl groups is 1. The zero-order valence-corrected chi connectivity index (χ0v) is 15.8. The van der Waals surface area contributed by atoms with Gasteiger partial charge in [-0.05, 0) is 19.3 Å². The minimum Gasteiger partial charge on any atom is -0.396 e. The number of rotatable bonds is 5. The third kappa shape index (κ3) is 4.07. The summed E-state index contributed by atoms with van der Waals surface area (Å²) in [5.41, 5.74) is -5.91. The first-order chi connectivity index (χ1) is 12.5. The van der Waals surface area contributed by atoms with Crippen LogP contribution >= 0.6 is 0 Å². The van der Waals surface area contributed by atoms with Crippen molar-refractivity contribution >= 4 is 0 Å². The molecule has 0 aromatic carbocycles. The van der Waals surface area contributed by atoms with E-state index >= 15 is 0 Å². The molecule has 1 saturated carbocycles. The van der Waals surface area contributed by atoms with E-state index in [4.69, 9.17) is 5.11 Å². The van der Waals surface area contributed by atoms with Gasteiger partial charge in [0.2, 0.25) is 5.67 Å². The molecule has 0 aromatic heterocycles. The molecule has 1 aliphatic rings. The number of aliphatic hydroxyl groups excluding tert-OH is 1. The quantitative estimate of drug-likeness (QED) is 0.364. The van der Waals surface area contributed by atoms with Crippen LogP contribution in [0, 0.1) is 0 Å². The van der Waals surface area contributed by atoms with Crippen LogP contribution in [0.25, 0.3) is 0 Å². The van der Waals surface area contributed by atoms with Crippen LogP contribution in [-0.4, -0.2) is 47.0 Å². The van der Waals surface area contributed by atoms with Crippen molar-refractivity contribution in [3.8, 4) is 0 Å². The summed E-state index contributed by atoms with van der Waals surface area (Å²) >= 11 is 0. The number of unbranched alkanes of at least 4 members (excludes halogenated alkanes) is 2. The van der Waals surface area contributed by atoms with Gasteiger partial charge in [0.25, 0.3) is 0 Å². The van der Waals surface area contributed by atoms with Gasteiger partial charge in [-0.25, -0.2) is 4.39 Å². The second kappa shape index (κ2) is 9.80. The lowest BCUT2D eigenvalue weighted by Gasteiger charge is -2.52. The highest BCUT2D eigenvalue weighted by Crippen LogP contribution is 2.70. The Kier molecular flexibility index (Phi) is 10.3. The molecule has 0 radical (unpaired) electrons. The van der Waals surface area contributed by atoms with E-state index in [1.165, 1.54) is 12.8 Å². The fourth-order valence-corrected chi connectivity index (χ4v) is 2.08. The maximum absolute atomic E-state index is 13.9. The Bertz CT molecular complexity index is 432. The molecule has 0 bridgehead atoms. The highest BCUT2D eigenvalue weighted by Gasteiger charge is 3.00. The van der Waals surface area contributed by atoms with Crippen LogP contribution in [0.1, 0.15) is 59.8 Å². The SMILES string of the molecule is CC.CCCC.OCCCCC1(F)C(F)(F)C(F)(F)C(F)(F)C(F)(F)C1(F)F. The maximum atomic E-state index is 13.9. The minimum atomic E-state index is -7.17. The zero-order chi connectivity index (χ0) is 23.2. The van der Waals surface area contributed by atoms with Crippen molar-refractivity contribution in [3.63, 3.8) is 0 Å². The van der Waals surface area contributed by atoms with Crippen molar-refractivity contribution in [1.29, 1.82) is 0 Å². The molecule has 12 heteroatoms. The normalized spacial score (nSPS) is 24.9.